The molecule has 0 aliphatic heterocycles. The first-order valence-electron chi connectivity index (χ1n) is 4.93. The monoisotopic (exact) mass is 242 g/mol. The van der Waals surface area contributed by atoms with Crippen molar-refractivity contribution in [3.8, 4) is 0 Å². The summed E-state index contributed by atoms with van der Waals surface area (Å²) < 4.78 is 4.95. The van der Waals surface area contributed by atoms with E-state index in [1.807, 2.05) is 0 Å². The van der Waals surface area contributed by atoms with E-state index in [0.29, 0.717) is 6.29 Å². The van der Waals surface area contributed by atoms with Crippen molar-refractivity contribution in [3.63, 3.8) is 0 Å². The van der Waals surface area contributed by atoms with Crippen LogP contribution in [-0.4, -0.2) is 40.1 Å². The summed E-state index contributed by atoms with van der Waals surface area (Å²) in [5, 5.41) is 19.7. The number of nitrogens with one attached hydrogen (secondary N) is 1. The maximum absolute atomic E-state index is 10.9. The van der Waals surface area contributed by atoms with E-state index in [1.54, 1.807) is 6.92 Å². The normalized spacial score (nSPS) is 16.2. The highest BCUT2D eigenvalue weighted by molar-refractivity contribution is 5.80. The Kier molecular flexibility index (Phi) is 4.00. The zero-order valence-electron chi connectivity index (χ0n) is 9.21. The molecule has 5 N–H and O–H groups in total. The number of rotatable bonds is 6. The molecule has 1 rings (SSSR count). The summed E-state index contributed by atoms with van der Waals surface area (Å²) in [6.45, 7) is 1.61. The minimum Gasteiger partial charge on any atom is -0.378 e. The number of aldehydes is 1. The van der Waals surface area contributed by atoms with E-state index in [4.69, 9.17) is 10.5 Å². The molecule has 1 amide bonds. The van der Waals surface area contributed by atoms with Gasteiger partial charge in [0.2, 0.25) is 5.79 Å². The molecule has 0 bridgehead atoms. The van der Waals surface area contributed by atoms with Gasteiger partial charge in [-0.1, -0.05) is 0 Å². The number of nitrogens with two attached hydrogens (primary N) is 1. The Bertz CT molecular complexity index is 417. The molecule has 2 atom stereocenters. The van der Waals surface area contributed by atoms with Gasteiger partial charge < -0.3 is 25.7 Å². The minimum atomic E-state index is -2.29. The Labute approximate surface area is 97.2 Å². The molecule has 0 aliphatic carbocycles. The standard InChI is InChI=1S/C10H14N2O5/c1-2-17-10(16,8(14)9(11)15)7-3-6(5-13)4-12-7/h3-5,8,12,14,16H,2H2,1H3,(H2,11,15). The van der Waals surface area contributed by atoms with Crippen LogP contribution in [0.1, 0.15) is 23.0 Å². The molecule has 17 heavy (non-hydrogen) atoms. The van der Waals surface area contributed by atoms with Gasteiger partial charge in [-0.3, -0.25) is 9.59 Å². The number of hydrogen-bond donors (Lipinski definition) is 4. The van der Waals surface area contributed by atoms with Crippen molar-refractivity contribution < 1.29 is 24.5 Å². The Balaban J connectivity index is 3.14. The quantitative estimate of drug-likeness (QED) is 0.370. The van der Waals surface area contributed by atoms with E-state index >= 15 is 0 Å². The van der Waals surface area contributed by atoms with Crippen molar-refractivity contribution in [2.75, 3.05) is 6.61 Å². The number of aliphatic hydroxyl groups is 2. The molecule has 0 saturated heterocycles. The van der Waals surface area contributed by atoms with Crippen LogP contribution in [0.3, 0.4) is 0 Å². The van der Waals surface area contributed by atoms with Crippen LogP contribution in [0, 0.1) is 0 Å². The number of aliphatic hydroxyl groups excluding tert-OH is 1. The summed E-state index contributed by atoms with van der Waals surface area (Å²) in [5.41, 5.74) is 5.14. The van der Waals surface area contributed by atoms with Crippen LogP contribution in [0.2, 0.25) is 0 Å². The predicted octanol–water partition coefficient (Wildman–Crippen LogP) is -1.15. The van der Waals surface area contributed by atoms with Crippen LogP contribution in [-0.2, 0) is 15.3 Å². The van der Waals surface area contributed by atoms with Gasteiger partial charge in [0.1, 0.15) is 0 Å². The zero-order chi connectivity index (χ0) is 13.1. The van der Waals surface area contributed by atoms with E-state index in [2.05, 4.69) is 4.98 Å². The van der Waals surface area contributed by atoms with Crippen molar-refractivity contribution in [3.05, 3.63) is 23.5 Å². The topological polar surface area (TPSA) is 126 Å². The summed E-state index contributed by atoms with van der Waals surface area (Å²) in [4.78, 5) is 24.0. The first kappa shape index (κ1) is 13.4. The number of aromatic amines is 1. The molecule has 7 heteroatoms. The lowest BCUT2D eigenvalue weighted by Gasteiger charge is -2.29. The van der Waals surface area contributed by atoms with Gasteiger partial charge >= 0.3 is 0 Å². The average Bonchev–Trinajstić information content (AvgIpc) is 2.77. The van der Waals surface area contributed by atoms with Crippen LogP contribution in [0.4, 0.5) is 0 Å². The molecule has 0 fully saturated rings. The summed E-state index contributed by atoms with van der Waals surface area (Å²) in [7, 11) is 0. The van der Waals surface area contributed by atoms with Gasteiger partial charge in [0.25, 0.3) is 5.91 Å². The van der Waals surface area contributed by atoms with Gasteiger partial charge in [-0.2, -0.15) is 0 Å². The molecule has 1 heterocycles. The molecule has 7 nitrogen and oxygen atoms in total. The Morgan fingerprint density at radius 2 is 2.41 bits per heavy atom. The van der Waals surface area contributed by atoms with Crippen LogP contribution in [0.25, 0.3) is 0 Å². The maximum atomic E-state index is 10.9. The number of H-pyrrole nitrogens is 1. The summed E-state index contributed by atoms with van der Waals surface area (Å²) in [6, 6.07) is 1.26. The fourth-order valence-corrected chi connectivity index (χ4v) is 1.40. The lowest BCUT2D eigenvalue weighted by molar-refractivity contribution is -0.259. The second kappa shape index (κ2) is 5.09. The van der Waals surface area contributed by atoms with Crippen molar-refractivity contribution in [1.82, 2.24) is 4.98 Å². The summed E-state index contributed by atoms with van der Waals surface area (Å²) >= 11 is 0. The van der Waals surface area contributed by atoms with Gasteiger partial charge in [0.15, 0.2) is 12.4 Å². The third kappa shape index (κ3) is 2.52. The molecule has 1 aromatic heterocycles. The average molecular weight is 242 g/mol. The lowest BCUT2D eigenvalue weighted by Crippen LogP contribution is -2.49. The van der Waals surface area contributed by atoms with Gasteiger partial charge in [0, 0.05) is 18.4 Å². The van der Waals surface area contributed by atoms with E-state index in [0.717, 1.165) is 0 Å². The second-order valence-electron chi connectivity index (χ2n) is 3.40. The number of carbonyl (C=O) groups is 2. The number of aromatic nitrogens is 1. The smallest absolute Gasteiger partial charge is 0.252 e. The first-order valence-corrected chi connectivity index (χ1v) is 4.93. The molecule has 2 unspecified atom stereocenters. The molecular weight excluding hydrogens is 228 g/mol. The fourth-order valence-electron chi connectivity index (χ4n) is 1.40. The van der Waals surface area contributed by atoms with Gasteiger partial charge in [0.05, 0.1) is 5.69 Å². The summed E-state index contributed by atoms with van der Waals surface area (Å²) in [6.07, 6.45) is -0.0936. The molecule has 0 radical (unpaired) electrons. The van der Waals surface area contributed by atoms with Gasteiger partial charge in [-0.05, 0) is 13.0 Å². The largest absolute Gasteiger partial charge is 0.378 e. The molecule has 94 valence electrons. The number of amides is 1. The fraction of sp³-hybridized carbons (Fsp3) is 0.400. The first-order chi connectivity index (χ1) is 7.95. The third-order valence-electron chi connectivity index (χ3n) is 2.23. The molecule has 1 aromatic rings. The van der Waals surface area contributed by atoms with Crippen molar-refractivity contribution in [2.45, 2.75) is 18.8 Å². The number of hydrogen-bond acceptors (Lipinski definition) is 5. The van der Waals surface area contributed by atoms with Crippen molar-refractivity contribution >= 4 is 12.2 Å². The molecular formula is C10H14N2O5. The molecule has 0 aromatic carbocycles. The predicted molar refractivity (Wildman–Crippen MR) is 56.9 cm³/mol. The Morgan fingerprint density at radius 1 is 1.76 bits per heavy atom. The lowest BCUT2D eigenvalue weighted by atomic mass is 10.1. The van der Waals surface area contributed by atoms with Crippen molar-refractivity contribution in [2.24, 2.45) is 5.73 Å². The Hall–Kier alpha value is -1.70. The van der Waals surface area contributed by atoms with Crippen LogP contribution in [0.15, 0.2) is 12.3 Å². The van der Waals surface area contributed by atoms with Crippen LogP contribution >= 0.6 is 0 Å². The molecule has 0 spiro atoms. The minimum absolute atomic E-state index is 0.0206. The van der Waals surface area contributed by atoms with Crippen LogP contribution in [0.5, 0.6) is 0 Å². The number of carbonyl (C=O) groups excluding carboxylic acids is 2. The van der Waals surface area contributed by atoms with E-state index in [9.17, 15) is 19.8 Å². The zero-order valence-corrected chi connectivity index (χ0v) is 9.21. The maximum Gasteiger partial charge on any atom is 0.252 e. The van der Waals surface area contributed by atoms with E-state index in [-0.39, 0.29) is 17.9 Å². The second-order valence-corrected chi connectivity index (χ2v) is 3.40. The third-order valence-corrected chi connectivity index (χ3v) is 2.23. The SMILES string of the molecule is CCOC(O)(c1cc(C=O)c[nH]1)C(O)C(N)=O. The number of primary amides is 1. The highest BCUT2D eigenvalue weighted by atomic mass is 16.6. The molecule has 0 aliphatic rings. The Morgan fingerprint density at radius 3 is 2.82 bits per heavy atom. The van der Waals surface area contributed by atoms with Gasteiger partial charge in [-0.15, -0.1) is 0 Å². The summed E-state index contributed by atoms with van der Waals surface area (Å²) in [5.74, 6) is -3.43. The van der Waals surface area contributed by atoms with Crippen molar-refractivity contribution in [1.29, 1.82) is 0 Å². The van der Waals surface area contributed by atoms with Gasteiger partial charge in [-0.25, -0.2) is 0 Å². The van der Waals surface area contributed by atoms with Crippen LogP contribution < -0.4 is 5.73 Å². The van der Waals surface area contributed by atoms with E-state index < -0.39 is 17.8 Å². The highest BCUT2D eigenvalue weighted by Crippen LogP contribution is 2.26. The highest BCUT2D eigenvalue weighted by Gasteiger charge is 2.43. The van der Waals surface area contributed by atoms with E-state index in [1.165, 1.54) is 12.3 Å². The molecule has 0 saturated carbocycles. The number of ether oxygens (including phenoxy) is 1.